The molecule has 0 aliphatic carbocycles. The van der Waals surface area contributed by atoms with Crippen molar-refractivity contribution < 1.29 is 0 Å². The summed E-state index contributed by atoms with van der Waals surface area (Å²) in [5, 5.41) is 2.28. The number of benzene rings is 2. The molecule has 0 aromatic heterocycles. The van der Waals surface area contributed by atoms with Crippen molar-refractivity contribution >= 4 is 16.5 Å². The minimum atomic E-state index is 0.814. The van der Waals surface area contributed by atoms with E-state index in [1.54, 1.807) is 0 Å². The van der Waals surface area contributed by atoms with Gasteiger partial charge in [-0.15, -0.1) is 0 Å². The maximum atomic E-state index is 5.75. The fourth-order valence-corrected chi connectivity index (χ4v) is 1.29. The number of hydrogen-bond donors (Lipinski definition) is 1. The molecular formula is C11H10N. The van der Waals surface area contributed by atoms with Crippen LogP contribution in [0.15, 0.2) is 30.3 Å². The molecule has 2 N–H and O–H groups in total. The lowest BCUT2D eigenvalue weighted by molar-refractivity contribution is 1.49. The zero-order chi connectivity index (χ0) is 8.55. The van der Waals surface area contributed by atoms with Crippen molar-refractivity contribution in [3.05, 3.63) is 42.0 Å². The topological polar surface area (TPSA) is 26.0 Å². The largest absolute Gasteiger partial charge is 0.398 e. The summed E-state index contributed by atoms with van der Waals surface area (Å²) in [6.45, 7) is 1.97. The third-order valence-corrected chi connectivity index (χ3v) is 2.03. The highest BCUT2D eigenvalue weighted by Crippen LogP contribution is 2.19. The SMILES string of the molecule is Cc1[c]c2ccccc2cc1N. The Morgan fingerprint density at radius 2 is 2.00 bits per heavy atom. The van der Waals surface area contributed by atoms with E-state index in [1.807, 2.05) is 37.3 Å². The fraction of sp³-hybridized carbons (Fsp3) is 0.0909. The molecule has 0 spiro atoms. The molecule has 0 bridgehead atoms. The summed E-state index contributed by atoms with van der Waals surface area (Å²) in [6, 6.07) is 13.3. The Kier molecular flexibility index (Phi) is 1.51. The number of hydrogen-bond acceptors (Lipinski definition) is 1. The lowest BCUT2D eigenvalue weighted by Gasteiger charge is -2.01. The first-order valence-electron chi connectivity index (χ1n) is 3.94. The lowest BCUT2D eigenvalue weighted by Crippen LogP contribution is -1.89. The first-order chi connectivity index (χ1) is 5.77. The van der Waals surface area contributed by atoms with Gasteiger partial charge < -0.3 is 5.73 Å². The molecule has 0 amide bonds. The Morgan fingerprint density at radius 1 is 1.25 bits per heavy atom. The maximum absolute atomic E-state index is 5.75. The first-order valence-corrected chi connectivity index (χ1v) is 3.94. The van der Waals surface area contributed by atoms with Crippen molar-refractivity contribution in [1.82, 2.24) is 0 Å². The zero-order valence-corrected chi connectivity index (χ0v) is 6.96. The van der Waals surface area contributed by atoms with Gasteiger partial charge in [-0.05, 0) is 35.4 Å². The number of rotatable bonds is 0. The van der Waals surface area contributed by atoms with Crippen molar-refractivity contribution in [2.75, 3.05) is 5.73 Å². The van der Waals surface area contributed by atoms with Crippen LogP contribution in [0.5, 0.6) is 0 Å². The van der Waals surface area contributed by atoms with Gasteiger partial charge in [0.25, 0.3) is 0 Å². The molecule has 2 aromatic rings. The summed E-state index contributed by atoms with van der Waals surface area (Å²) in [5.74, 6) is 0. The Hall–Kier alpha value is -1.50. The molecule has 0 saturated carbocycles. The molecule has 2 rings (SSSR count). The summed E-state index contributed by atoms with van der Waals surface area (Å²) in [7, 11) is 0. The summed E-state index contributed by atoms with van der Waals surface area (Å²) in [6.07, 6.45) is 0. The first kappa shape index (κ1) is 7.17. The molecule has 0 unspecified atom stereocenters. The van der Waals surface area contributed by atoms with Gasteiger partial charge in [0.05, 0.1) is 0 Å². The highest BCUT2D eigenvalue weighted by molar-refractivity contribution is 5.85. The van der Waals surface area contributed by atoms with Crippen LogP contribution in [0.25, 0.3) is 10.8 Å². The fourth-order valence-electron chi connectivity index (χ4n) is 1.29. The van der Waals surface area contributed by atoms with Crippen molar-refractivity contribution in [3.63, 3.8) is 0 Å². The van der Waals surface area contributed by atoms with Crippen LogP contribution in [0.3, 0.4) is 0 Å². The van der Waals surface area contributed by atoms with Crippen molar-refractivity contribution in [3.8, 4) is 0 Å². The van der Waals surface area contributed by atoms with Crippen molar-refractivity contribution in [2.45, 2.75) is 6.92 Å². The molecule has 59 valence electrons. The van der Waals surface area contributed by atoms with E-state index < -0.39 is 0 Å². The van der Waals surface area contributed by atoms with Gasteiger partial charge in [-0.1, -0.05) is 24.3 Å². The molecule has 0 aliphatic rings. The van der Waals surface area contributed by atoms with Gasteiger partial charge in [0.2, 0.25) is 0 Å². The van der Waals surface area contributed by atoms with Crippen molar-refractivity contribution in [1.29, 1.82) is 0 Å². The van der Waals surface area contributed by atoms with Crippen LogP contribution in [-0.2, 0) is 0 Å². The molecule has 0 saturated heterocycles. The quantitative estimate of drug-likeness (QED) is 0.583. The summed E-state index contributed by atoms with van der Waals surface area (Å²) < 4.78 is 0. The zero-order valence-electron chi connectivity index (χ0n) is 6.96. The normalized spacial score (nSPS) is 10.4. The second kappa shape index (κ2) is 2.52. The van der Waals surface area contributed by atoms with E-state index in [2.05, 4.69) is 6.07 Å². The maximum Gasteiger partial charge on any atom is 0.0356 e. The molecule has 1 radical (unpaired) electrons. The van der Waals surface area contributed by atoms with E-state index in [-0.39, 0.29) is 0 Å². The van der Waals surface area contributed by atoms with Crippen LogP contribution in [0.4, 0.5) is 5.69 Å². The van der Waals surface area contributed by atoms with E-state index in [9.17, 15) is 0 Å². The smallest absolute Gasteiger partial charge is 0.0356 e. The Balaban J connectivity index is 2.84. The number of anilines is 1. The molecule has 1 nitrogen and oxygen atoms in total. The van der Waals surface area contributed by atoms with Gasteiger partial charge in [-0.3, -0.25) is 0 Å². The highest BCUT2D eigenvalue weighted by Gasteiger charge is 1.96. The van der Waals surface area contributed by atoms with Gasteiger partial charge >= 0.3 is 0 Å². The Morgan fingerprint density at radius 3 is 2.83 bits per heavy atom. The van der Waals surface area contributed by atoms with Crippen LogP contribution in [0.1, 0.15) is 5.56 Å². The Labute approximate surface area is 71.8 Å². The molecule has 0 heterocycles. The third-order valence-electron chi connectivity index (χ3n) is 2.03. The van der Waals surface area contributed by atoms with E-state index in [4.69, 9.17) is 5.73 Å². The highest BCUT2D eigenvalue weighted by atomic mass is 14.5. The second-order valence-corrected chi connectivity index (χ2v) is 2.94. The summed E-state index contributed by atoms with van der Waals surface area (Å²) >= 11 is 0. The molecular weight excluding hydrogens is 146 g/mol. The van der Waals surface area contributed by atoms with Crippen molar-refractivity contribution in [2.24, 2.45) is 0 Å². The third kappa shape index (κ3) is 1.03. The van der Waals surface area contributed by atoms with Crippen LogP contribution in [0.2, 0.25) is 0 Å². The molecule has 12 heavy (non-hydrogen) atoms. The van der Waals surface area contributed by atoms with Gasteiger partial charge in [0.15, 0.2) is 0 Å². The van der Waals surface area contributed by atoms with Gasteiger partial charge in [-0.25, -0.2) is 0 Å². The molecule has 2 aromatic carbocycles. The minimum Gasteiger partial charge on any atom is -0.398 e. The number of aryl methyl sites for hydroxylation is 1. The molecule has 0 fully saturated rings. The average molecular weight is 156 g/mol. The average Bonchev–Trinajstić information content (AvgIpc) is 2.07. The molecule has 0 atom stereocenters. The minimum absolute atomic E-state index is 0.814. The molecule has 1 heteroatoms. The second-order valence-electron chi connectivity index (χ2n) is 2.94. The molecule has 0 aliphatic heterocycles. The van der Waals surface area contributed by atoms with E-state index in [1.165, 1.54) is 0 Å². The predicted molar refractivity (Wildman–Crippen MR) is 51.9 cm³/mol. The van der Waals surface area contributed by atoms with E-state index in [0.29, 0.717) is 0 Å². The summed E-state index contributed by atoms with van der Waals surface area (Å²) in [5.41, 5.74) is 7.59. The monoisotopic (exact) mass is 156 g/mol. The Bertz CT molecular complexity index is 378. The standard InChI is InChI=1S/C11H10N/c1-8-6-9-4-2-3-5-10(9)7-11(8)12/h2-5,7H,12H2,1H3. The van der Waals surface area contributed by atoms with E-state index >= 15 is 0 Å². The van der Waals surface area contributed by atoms with Crippen LogP contribution in [0, 0.1) is 13.0 Å². The predicted octanol–water partition coefficient (Wildman–Crippen LogP) is 2.53. The lowest BCUT2D eigenvalue weighted by atomic mass is 10.1. The van der Waals surface area contributed by atoms with E-state index in [0.717, 1.165) is 22.0 Å². The van der Waals surface area contributed by atoms with Crippen LogP contribution in [-0.4, -0.2) is 0 Å². The summed E-state index contributed by atoms with van der Waals surface area (Å²) in [4.78, 5) is 0. The number of nitrogen functional groups attached to an aromatic ring is 1. The van der Waals surface area contributed by atoms with Gasteiger partial charge in [0, 0.05) is 5.69 Å². The van der Waals surface area contributed by atoms with Crippen LogP contribution < -0.4 is 5.73 Å². The van der Waals surface area contributed by atoms with Gasteiger partial charge in [0.1, 0.15) is 0 Å². The van der Waals surface area contributed by atoms with Crippen LogP contribution >= 0.6 is 0 Å². The number of nitrogens with two attached hydrogens (primary N) is 1. The number of fused-ring (bicyclic) bond motifs is 1. The van der Waals surface area contributed by atoms with Gasteiger partial charge in [-0.2, -0.15) is 0 Å².